The van der Waals surface area contributed by atoms with Crippen molar-refractivity contribution in [3.8, 4) is 11.8 Å². The van der Waals surface area contributed by atoms with Gasteiger partial charge >= 0.3 is 0 Å². The normalized spacial score (nSPS) is 17.6. The van der Waals surface area contributed by atoms with Crippen LogP contribution < -0.4 is 5.32 Å². The lowest BCUT2D eigenvalue weighted by Crippen LogP contribution is -2.35. The Morgan fingerprint density at radius 1 is 1.39 bits per heavy atom. The van der Waals surface area contributed by atoms with Crippen molar-refractivity contribution in [3.05, 3.63) is 0 Å². The Hall–Kier alpha value is -0.850. The van der Waals surface area contributed by atoms with Crippen molar-refractivity contribution in [2.45, 2.75) is 46.1 Å². The van der Waals surface area contributed by atoms with Crippen molar-refractivity contribution >= 4 is 5.78 Å². The Balaban J connectivity index is 2.12. The molecular weight excluding hydrogens is 224 g/mol. The molecule has 0 amide bonds. The molecule has 0 unspecified atom stereocenters. The van der Waals surface area contributed by atoms with Gasteiger partial charge in [0, 0.05) is 18.9 Å². The van der Waals surface area contributed by atoms with E-state index in [9.17, 15) is 4.79 Å². The molecule has 1 N–H and O–H groups in total. The molecule has 0 aromatic heterocycles. The van der Waals surface area contributed by atoms with Crippen LogP contribution in [0.2, 0.25) is 0 Å². The SMILES string of the molecule is CC(=O)C#CC1CCN(CCCNC(C)C)CC1. The van der Waals surface area contributed by atoms with E-state index in [1.807, 2.05) is 0 Å². The summed E-state index contributed by atoms with van der Waals surface area (Å²) in [7, 11) is 0. The predicted molar refractivity (Wildman–Crippen MR) is 75.4 cm³/mol. The first kappa shape index (κ1) is 15.2. The molecular formula is C15H26N2O. The summed E-state index contributed by atoms with van der Waals surface area (Å²) >= 11 is 0. The zero-order chi connectivity index (χ0) is 13.4. The maximum atomic E-state index is 10.8. The first-order chi connectivity index (χ1) is 8.58. The highest BCUT2D eigenvalue weighted by Crippen LogP contribution is 2.16. The highest BCUT2D eigenvalue weighted by molar-refractivity contribution is 5.93. The lowest BCUT2D eigenvalue weighted by Gasteiger charge is -2.29. The number of nitrogens with zero attached hydrogens (tertiary/aromatic N) is 1. The molecule has 3 nitrogen and oxygen atoms in total. The summed E-state index contributed by atoms with van der Waals surface area (Å²) in [4.78, 5) is 13.3. The number of hydrogen-bond donors (Lipinski definition) is 1. The molecule has 0 atom stereocenters. The molecule has 3 heteroatoms. The van der Waals surface area contributed by atoms with Crippen LogP contribution in [0.3, 0.4) is 0 Å². The van der Waals surface area contributed by atoms with Crippen LogP contribution in [-0.4, -0.2) is 42.9 Å². The molecule has 1 heterocycles. The maximum absolute atomic E-state index is 10.8. The van der Waals surface area contributed by atoms with Gasteiger partial charge in [-0.1, -0.05) is 19.8 Å². The second kappa shape index (κ2) is 8.29. The summed E-state index contributed by atoms with van der Waals surface area (Å²) in [5, 5.41) is 3.44. The van der Waals surface area contributed by atoms with Crippen LogP contribution in [0.5, 0.6) is 0 Å². The number of carbonyl (C=O) groups excluding carboxylic acids is 1. The van der Waals surface area contributed by atoms with Gasteiger partial charge in [-0.2, -0.15) is 0 Å². The average molecular weight is 250 g/mol. The van der Waals surface area contributed by atoms with E-state index >= 15 is 0 Å². The van der Waals surface area contributed by atoms with Crippen molar-refractivity contribution in [2.24, 2.45) is 5.92 Å². The van der Waals surface area contributed by atoms with Crippen molar-refractivity contribution < 1.29 is 4.79 Å². The van der Waals surface area contributed by atoms with Crippen LogP contribution in [0.25, 0.3) is 0 Å². The van der Waals surface area contributed by atoms with E-state index in [0.29, 0.717) is 12.0 Å². The number of ketones is 1. The fourth-order valence-corrected chi connectivity index (χ4v) is 2.20. The molecule has 0 aromatic rings. The van der Waals surface area contributed by atoms with Gasteiger partial charge in [-0.3, -0.25) is 4.79 Å². The summed E-state index contributed by atoms with van der Waals surface area (Å²) < 4.78 is 0. The van der Waals surface area contributed by atoms with E-state index in [1.165, 1.54) is 19.9 Å². The van der Waals surface area contributed by atoms with E-state index in [2.05, 4.69) is 35.9 Å². The van der Waals surface area contributed by atoms with Gasteiger partial charge < -0.3 is 10.2 Å². The van der Waals surface area contributed by atoms with Crippen LogP contribution in [-0.2, 0) is 4.79 Å². The van der Waals surface area contributed by atoms with Crippen molar-refractivity contribution in [1.82, 2.24) is 10.2 Å². The Morgan fingerprint density at radius 2 is 2.06 bits per heavy atom. The molecule has 0 bridgehead atoms. The van der Waals surface area contributed by atoms with E-state index in [-0.39, 0.29) is 5.78 Å². The molecule has 1 aliphatic heterocycles. The number of carbonyl (C=O) groups is 1. The first-order valence-corrected chi connectivity index (χ1v) is 7.05. The van der Waals surface area contributed by atoms with Crippen LogP contribution in [0, 0.1) is 17.8 Å². The smallest absolute Gasteiger partial charge is 0.202 e. The first-order valence-electron chi connectivity index (χ1n) is 7.05. The minimum atomic E-state index is -0.0165. The number of rotatable bonds is 5. The van der Waals surface area contributed by atoms with E-state index in [0.717, 1.165) is 32.5 Å². The van der Waals surface area contributed by atoms with Gasteiger partial charge in [-0.15, -0.1) is 0 Å². The Bertz CT molecular complexity index is 306. The van der Waals surface area contributed by atoms with Crippen LogP contribution in [0.4, 0.5) is 0 Å². The molecule has 1 rings (SSSR count). The molecule has 0 saturated carbocycles. The standard InChI is InChI=1S/C15H26N2O/c1-13(2)16-9-4-10-17-11-7-15(8-12-17)6-5-14(3)18/h13,15-16H,4,7-12H2,1-3H3. The van der Waals surface area contributed by atoms with Crippen molar-refractivity contribution in [1.29, 1.82) is 0 Å². The summed E-state index contributed by atoms with van der Waals surface area (Å²) in [6, 6.07) is 0.581. The number of piperidine rings is 1. The van der Waals surface area contributed by atoms with Crippen LogP contribution in [0.1, 0.15) is 40.0 Å². The fraction of sp³-hybridized carbons (Fsp3) is 0.800. The highest BCUT2D eigenvalue weighted by atomic mass is 16.1. The molecule has 0 aliphatic carbocycles. The van der Waals surface area contributed by atoms with Gasteiger partial charge in [-0.05, 0) is 51.4 Å². The van der Waals surface area contributed by atoms with Gasteiger partial charge in [-0.25, -0.2) is 0 Å². The third-order valence-corrected chi connectivity index (χ3v) is 3.24. The Labute approximate surface area is 111 Å². The monoisotopic (exact) mass is 250 g/mol. The summed E-state index contributed by atoms with van der Waals surface area (Å²) in [5.74, 6) is 6.18. The predicted octanol–water partition coefficient (Wildman–Crippen LogP) is 1.68. The zero-order valence-corrected chi connectivity index (χ0v) is 12.0. The Morgan fingerprint density at radius 3 is 2.61 bits per heavy atom. The third-order valence-electron chi connectivity index (χ3n) is 3.24. The number of Topliss-reactive ketones (excluding diaryl/α,β-unsaturated/α-hetero) is 1. The van der Waals surface area contributed by atoms with Crippen molar-refractivity contribution in [2.75, 3.05) is 26.2 Å². The zero-order valence-electron chi connectivity index (χ0n) is 12.0. The minimum Gasteiger partial charge on any atom is -0.314 e. The summed E-state index contributed by atoms with van der Waals surface area (Å²) in [6.45, 7) is 10.4. The second-order valence-electron chi connectivity index (χ2n) is 5.40. The molecule has 1 saturated heterocycles. The van der Waals surface area contributed by atoms with Gasteiger partial charge in [0.05, 0.1) is 0 Å². The van der Waals surface area contributed by atoms with E-state index in [1.54, 1.807) is 0 Å². The number of nitrogens with one attached hydrogen (secondary N) is 1. The molecule has 1 fully saturated rings. The lowest BCUT2D eigenvalue weighted by atomic mass is 9.97. The lowest BCUT2D eigenvalue weighted by molar-refractivity contribution is -0.111. The van der Waals surface area contributed by atoms with Crippen LogP contribution >= 0.6 is 0 Å². The Kier molecular flexibility index (Phi) is 7.00. The highest BCUT2D eigenvalue weighted by Gasteiger charge is 2.16. The summed E-state index contributed by atoms with van der Waals surface area (Å²) in [6.07, 6.45) is 3.43. The topological polar surface area (TPSA) is 32.3 Å². The fourth-order valence-electron chi connectivity index (χ4n) is 2.20. The quantitative estimate of drug-likeness (QED) is 0.458. The largest absolute Gasteiger partial charge is 0.314 e. The van der Waals surface area contributed by atoms with Crippen molar-refractivity contribution in [3.63, 3.8) is 0 Å². The minimum absolute atomic E-state index is 0.0165. The van der Waals surface area contributed by atoms with Gasteiger partial charge in [0.1, 0.15) is 0 Å². The second-order valence-corrected chi connectivity index (χ2v) is 5.40. The molecule has 0 aromatic carbocycles. The molecule has 102 valence electrons. The average Bonchev–Trinajstić information content (AvgIpc) is 2.33. The third kappa shape index (κ3) is 6.78. The van der Waals surface area contributed by atoms with E-state index in [4.69, 9.17) is 0 Å². The molecule has 1 aliphatic rings. The molecule has 0 spiro atoms. The molecule has 0 radical (unpaired) electrons. The van der Waals surface area contributed by atoms with E-state index < -0.39 is 0 Å². The maximum Gasteiger partial charge on any atom is 0.202 e. The summed E-state index contributed by atoms with van der Waals surface area (Å²) in [5.41, 5.74) is 0. The number of hydrogen-bond acceptors (Lipinski definition) is 3. The number of likely N-dealkylation sites (tertiary alicyclic amines) is 1. The van der Waals surface area contributed by atoms with Crippen LogP contribution in [0.15, 0.2) is 0 Å². The van der Waals surface area contributed by atoms with Gasteiger partial charge in [0.25, 0.3) is 0 Å². The molecule has 18 heavy (non-hydrogen) atoms. The van der Waals surface area contributed by atoms with Gasteiger partial charge in [0.2, 0.25) is 5.78 Å². The van der Waals surface area contributed by atoms with Gasteiger partial charge in [0.15, 0.2) is 0 Å².